The Hall–Kier alpha value is -1.42. The molecule has 0 fully saturated rings. The molecule has 1 atom stereocenters. The Balaban J connectivity index is 2.06. The van der Waals surface area contributed by atoms with Crippen LogP contribution >= 0.6 is 11.6 Å². The molecule has 2 aromatic carbocycles. The van der Waals surface area contributed by atoms with Crippen molar-refractivity contribution in [1.82, 2.24) is 0 Å². The summed E-state index contributed by atoms with van der Waals surface area (Å²) in [5.41, 5.74) is 7.11. The highest BCUT2D eigenvalue weighted by molar-refractivity contribution is 6.30. The van der Waals surface area contributed by atoms with Crippen molar-refractivity contribution in [3.8, 4) is 0 Å². The molecule has 1 unspecified atom stereocenters. The van der Waals surface area contributed by atoms with Crippen LogP contribution in [0, 0.1) is 5.82 Å². The van der Waals surface area contributed by atoms with Crippen LogP contribution in [0.4, 0.5) is 4.39 Å². The molecule has 0 aliphatic rings. The van der Waals surface area contributed by atoms with Crippen LogP contribution in [-0.2, 0) is 11.3 Å². The zero-order chi connectivity index (χ0) is 13.7. The quantitative estimate of drug-likeness (QED) is 0.906. The van der Waals surface area contributed by atoms with E-state index in [-0.39, 0.29) is 18.5 Å². The second kappa shape index (κ2) is 6.66. The van der Waals surface area contributed by atoms with E-state index in [1.54, 1.807) is 30.3 Å². The van der Waals surface area contributed by atoms with Crippen molar-refractivity contribution in [3.05, 3.63) is 70.5 Å². The monoisotopic (exact) mass is 279 g/mol. The minimum atomic E-state index is -0.293. The third kappa shape index (κ3) is 3.77. The van der Waals surface area contributed by atoms with Gasteiger partial charge in [-0.1, -0.05) is 41.9 Å². The number of ether oxygens (including phenoxy) is 1. The molecule has 2 aromatic rings. The highest BCUT2D eigenvalue weighted by Gasteiger charge is 2.11. The number of hydrogen-bond acceptors (Lipinski definition) is 2. The lowest BCUT2D eigenvalue weighted by atomic mass is 10.1. The Labute approximate surface area is 117 Å². The van der Waals surface area contributed by atoms with E-state index in [2.05, 4.69) is 0 Å². The van der Waals surface area contributed by atoms with E-state index in [0.717, 1.165) is 5.56 Å². The third-order valence-corrected chi connectivity index (χ3v) is 3.07. The minimum Gasteiger partial charge on any atom is -0.367 e. The summed E-state index contributed by atoms with van der Waals surface area (Å²) >= 11 is 5.93. The smallest absolute Gasteiger partial charge is 0.128 e. The maximum Gasteiger partial charge on any atom is 0.128 e. The summed E-state index contributed by atoms with van der Waals surface area (Å²) < 4.78 is 19.2. The molecule has 2 N–H and O–H groups in total. The predicted octanol–water partition coefficient (Wildman–Crippen LogP) is 3.70. The molecule has 0 saturated heterocycles. The molecule has 0 amide bonds. The zero-order valence-electron chi connectivity index (χ0n) is 10.4. The molecule has 0 aliphatic heterocycles. The summed E-state index contributed by atoms with van der Waals surface area (Å²) in [4.78, 5) is 0. The SMILES string of the molecule is NCC(OCc1ccccc1F)c1cccc(Cl)c1. The van der Waals surface area contributed by atoms with Crippen LogP contribution in [0.1, 0.15) is 17.2 Å². The molecule has 4 heteroatoms. The van der Waals surface area contributed by atoms with Gasteiger partial charge in [-0.3, -0.25) is 0 Å². The van der Waals surface area contributed by atoms with Gasteiger partial charge in [-0.25, -0.2) is 4.39 Å². The molecule has 100 valence electrons. The molecule has 0 aromatic heterocycles. The van der Waals surface area contributed by atoms with Gasteiger partial charge >= 0.3 is 0 Å². The molecule has 0 radical (unpaired) electrons. The van der Waals surface area contributed by atoms with Gasteiger partial charge in [-0.05, 0) is 23.8 Å². The van der Waals surface area contributed by atoms with Crippen molar-refractivity contribution in [3.63, 3.8) is 0 Å². The van der Waals surface area contributed by atoms with Crippen LogP contribution in [-0.4, -0.2) is 6.54 Å². The van der Waals surface area contributed by atoms with Crippen LogP contribution in [0.15, 0.2) is 48.5 Å². The number of rotatable bonds is 5. The molecule has 0 bridgehead atoms. The first-order valence-electron chi connectivity index (χ1n) is 6.01. The van der Waals surface area contributed by atoms with Crippen molar-refractivity contribution in [2.45, 2.75) is 12.7 Å². The van der Waals surface area contributed by atoms with Crippen molar-refractivity contribution >= 4 is 11.6 Å². The zero-order valence-corrected chi connectivity index (χ0v) is 11.1. The van der Waals surface area contributed by atoms with E-state index in [9.17, 15) is 4.39 Å². The summed E-state index contributed by atoms with van der Waals surface area (Å²) in [6.45, 7) is 0.496. The Bertz CT molecular complexity index is 547. The highest BCUT2D eigenvalue weighted by atomic mass is 35.5. The largest absolute Gasteiger partial charge is 0.367 e. The Morgan fingerprint density at radius 3 is 2.63 bits per heavy atom. The van der Waals surface area contributed by atoms with E-state index in [1.807, 2.05) is 12.1 Å². The average molecular weight is 280 g/mol. The molecule has 2 rings (SSSR count). The van der Waals surface area contributed by atoms with Gasteiger partial charge in [0.15, 0.2) is 0 Å². The fourth-order valence-electron chi connectivity index (χ4n) is 1.81. The van der Waals surface area contributed by atoms with Gasteiger partial charge < -0.3 is 10.5 Å². The first kappa shape index (κ1) is 14.0. The lowest BCUT2D eigenvalue weighted by Crippen LogP contribution is -2.16. The van der Waals surface area contributed by atoms with Gasteiger partial charge in [0.2, 0.25) is 0 Å². The van der Waals surface area contributed by atoms with Crippen molar-refractivity contribution in [1.29, 1.82) is 0 Å². The number of benzene rings is 2. The second-order valence-electron chi connectivity index (χ2n) is 4.18. The van der Waals surface area contributed by atoms with Crippen molar-refractivity contribution in [2.75, 3.05) is 6.54 Å². The normalized spacial score (nSPS) is 12.4. The van der Waals surface area contributed by atoms with E-state index >= 15 is 0 Å². The van der Waals surface area contributed by atoms with Crippen LogP contribution < -0.4 is 5.73 Å². The first-order valence-corrected chi connectivity index (χ1v) is 6.39. The van der Waals surface area contributed by atoms with Gasteiger partial charge in [0.05, 0.1) is 12.7 Å². The van der Waals surface area contributed by atoms with E-state index in [1.165, 1.54) is 6.07 Å². The van der Waals surface area contributed by atoms with Gasteiger partial charge in [0.1, 0.15) is 5.82 Å². The molecule has 0 spiro atoms. The maximum absolute atomic E-state index is 13.5. The number of hydrogen-bond donors (Lipinski definition) is 1. The summed E-state index contributed by atoms with van der Waals surface area (Å²) in [6.07, 6.45) is -0.293. The Kier molecular flexibility index (Phi) is 4.91. The summed E-state index contributed by atoms with van der Waals surface area (Å²) in [5, 5.41) is 0.630. The molecular weight excluding hydrogens is 265 g/mol. The Morgan fingerprint density at radius 2 is 1.95 bits per heavy atom. The number of halogens is 2. The van der Waals surface area contributed by atoms with Gasteiger partial charge in [-0.15, -0.1) is 0 Å². The molecule has 0 aliphatic carbocycles. The second-order valence-corrected chi connectivity index (χ2v) is 4.62. The lowest BCUT2D eigenvalue weighted by molar-refractivity contribution is 0.0440. The standard InChI is InChI=1S/C15H15ClFNO/c16-13-6-3-5-11(8-13)15(9-18)19-10-12-4-1-2-7-14(12)17/h1-8,15H,9-10,18H2. The topological polar surface area (TPSA) is 35.2 Å². The maximum atomic E-state index is 13.5. The molecule has 0 heterocycles. The summed E-state index contributed by atoms with van der Waals surface area (Å²) in [7, 11) is 0. The van der Waals surface area contributed by atoms with Crippen molar-refractivity contribution < 1.29 is 9.13 Å². The average Bonchev–Trinajstić information content (AvgIpc) is 2.41. The fourth-order valence-corrected chi connectivity index (χ4v) is 2.01. The van der Waals surface area contributed by atoms with E-state index in [0.29, 0.717) is 17.1 Å². The van der Waals surface area contributed by atoms with Crippen LogP contribution in [0.25, 0.3) is 0 Å². The van der Waals surface area contributed by atoms with Crippen LogP contribution in [0.3, 0.4) is 0 Å². The van der Waals surface area contributed by atoms with Crippen LogP contribution in [0.5, 0.6) is 0 Å². The number of nitrogens with two attached hydrogens (primary N) is 1. The predicted molar refractivity (Wildman–Crippen MR) is 74.4 cm³/mol. The summed E-state index contributed by atoms with van der Waals surface area (Å²) in [5.74, 6) is -0.274. The first-order chi connectivity index (χ1) is 9.20. The fraction of sp³-hybridized carbons (Fsp3) is 0.200. The lowest BCUT2D eigenvalue weighted by Gasteiger charge is -2.17. The van der Waals surface area contributed by atoms with Gasteiger partial charge in [-0.2, -0.15) is 0 Å². The van der Waals surface area contributed by atoms with Crippen molar-refractivity contribution in [2.24, 2.45) is 5.73 Å². The minimum absolute atomic E-state index is 0.182. The Morgan fingerprint density at radius 1 is 1.16 bits per heavy atom. The van der Waals surface area contributed by atoms with Gasteiger partial charge in [0.25, 0.3) is 0 Å². The molecular formula is C15H15ClFNO. The highest BCUT2D eigenvalue weighted by Crippen LogP contribution is 2.21. The molecule has 19 heavy (non-hydrogen) atoms. The molecule has 2 nitrogen and oxygen atoms in total. The molecule has 0 saturated carbocycles. The van der Waals surface area contributed by atoms with E-state index < -0.39 is 0 Å². The summed E-state index contributed by atoms with van der Waals surface area (Å²) in [6, 6.07) is 13.9. The van der Waals surface area contributed by atoms with Crippen LogP contribution in [0.2, 0.25) is 5.02 Å². The van der Waals surface area contributed by atoms with Gasteiger partial charge in [0, 0.05) is 17.1 Å². The third-order valence-electron chi connectivity index (χ3n) is 2.83. The van der Waals surface area contributed by atoms with E-state index in [4.69, 9.17) is 22.1 Å².